The quantitative estimate of drug-likeness (QED) is 0.531. The van der Waals surface area contributed by atoms with Gasteiger partial charge in [0.05, 0.1) is 0 Å². The van der Waals surface area contributed by atoms with Crippen LogP contribution in [0.3, 0.4) is 0 Å². The minimum atomic E-state index is -0.0967. The van der Waals surface area contributed by atoms with Crippen molar-refractivity contribution in [1.82, 2.24) is 10.6 Å². The van der Waals surface area contributed by atoms with E-state index in [2.05, 4.69) is 10.6 Å². The van der Waals surface area contributed by atoms with Crippen LogP contribution in [0, 0.1) is 6.04 Å². The van der Waals surface area contributed by atoms with Gasteiger partial charge in [-0.25, -0.2) is 0 Å². The third-order valence-electron chi connectivity index (χ3n) is 1.18. The molecule has 0 atom stereocenters. The Hall–Kier alpha value is -1.25. The van der Waals surface area contributed by atoms with Gasteiger partial charge in [0.15, 0.2) is 6.04 Å². The predicted octanol–water partition coefficient (Wildman–Crippen LogP) is -0.0625. The van der Waals surface area contributed by atoms with E-state index in [9.17, 15) is 4.79 Å². The number of allylic oxidation sites excluding steroid dienone is 2. The van der Waals surface area contributed by atoms with Crippen molar-refractivity contribution in [3.8, 4) is 0 Å². The molecule has 1 aliphatic rings. The van der Waals surface area contributed by atoms with Crippen LogP contribution in [0.1, 0.15) is 0 Å². The maximum Gasteiger partial charge on any atom is 0.252 e. The molecular weight excluding hydrogens is 128 g/mol. The molecule has 1 heterocycles. The Balaban J connectivity index is 2.51. The van der Waals surface area contributed by atoms with Gasteiger partial charge in [-0.1, -0.05) is 6.08 Å². The first kappa shape index (κ1) is 6.86. The third kappa shape index (κ3) is 1.37. The molecule has 3 heteroatoms. The first-order valence-electron chi connectivity index (χ1n) is 3.03. The van der Waals surface area contributed by atoms with Crippen LogP contribution in [0.15, 0.2) is 24.4 Å². The van der Waals surface area contributed by atoms with Crippen molar-refractivity contribution in [2.45, 2.75) is 0 Å². The van der Waals surface area contributed by atoms with E-state index in [0.29, 0.717) is 6.04 Å². The molecule has 0 fully saturated rings. The number of rotatable bonds is 1. The van der Waals surface area contributed by atoms with Crippen LogP contribution in [-0.4, -0.2) is 13.0 Å². The van der Waals surface area contributed by atoms with Gasteiger partial charge < -0.3 is 10.6 Å². The fraction of sp³-hybridized carbons (Fsp3) is 0.143. The maximum atomic E-state index is 10.9. The van der Waals surface area contributed by atoms with Gasteiger partial charge in [-0.15, -0.1) is 0 Å². The van der Waals surface area contributed by atoms with E-state index < -0.39 is 0 Å². The smallest absolute Gasteiger partial charge is 0.252 e. The van der Waals surface area contributed by atoms with Crippen molar-refractivity contribution in [2.24, 2.45) is 0 Å². The van der Waals surface area contributed by atoms with E-state index in [0.717, 1.165) is 0 Å². The van der Waals surface area contributed by atoms with E-state index in [1.165, 1.54) is 0 Å². The molecule has 0 saturated heterocycles. The topological polar surface area (TPSA) is 41.1 Å². The summed E-state index contributed by atoms with van der Waals surface area (Å²) in [6.07, 6.45) is 7.07. The highest BCUT2D eigenvalue weighted by atomic mass is 16.2. The lowest BCUT2D eigenvalue weighted by atomic mass is 10.2. The van der Waals surface area contributed by atoms with Gasteiger partial charge in [0.2, 0.25) is 0 Å². The van der Waals surface area contributed by atoms with Crippen LogP contribution in [0.4, 0.5) is 0 Å². The SMILES string of the molecule is CNC(=O)[C]1C=CC=CN1. The van der Waals surface area contributed by atoms with Crippen molar-refractivity contribution in [3.63, 3.8) is 0 Å². The lowest BCUT2D eigenvalue weighted by Gasteiger charge is -2.11. The molecule has 0 bridgehead atoms. The lowest BCUT2D eigenvalue weighted by Crippen LogP contribution is -2.32. The van der Waals surface area contributed by atoms with E-state index in [1.54, 1.807) is 25.4 Å². The van der Waals surface area contributed by atoms with Gasteiger partial charge in [0, 0.05) is 7.05 Å². The first-order chi connectivity index (χ1) is 4.84. The number of nitrogens with one attached hydrogen (secondary N) is 2. The van der Waals surface area contributed by atoms with Crippen LogP contribution < -0.4 is 10.6 Å². The number of hydrogen-bond acceptors (Lipinski definition) is 2. The largest absolute Gasteiger partial charge is 0.371 e. The van der Waals surface area contributed by atoms with Gasteiger partial charge in [-0.05, 0) is 18.4 Å². The molecular formula is C7H9N2O. The zero-order valence-electron chi connectivity index (χ0n) is 5.72. The molecule has 0 unspecified atom stereocenters. The summed E-state index contributed by atoms with van der Waals surface area (Å²) in [6, 6.07) is 0.574. The van der Waals surface area contributed by atoms with Crippen molar-refractivity contribution in [2.75, 3.05) is 7.05 Å². The fourth-order valence-electron chi connectivity index (χ4n) is 0.669. The molecule has 1 aliphatic heterocycles. The van der Waals surface area contributed by atoms with Crippen molar-refractivity contribution in [3.05, 3.63) is 30.5 Å². The highest BCUT2D eigenvalue weighted by molar-refractivity contribution is 5.92. The lowest BCUT2D eigenvalue weighted by molar-refractivity contribution is -0.118. The second kappa shape index (κ2) is 3.06. The first-order valence-corrected chi connectivity index (χ1v) is 3.03. The molecule has 1 radical (unpaired) electrons. The Bertz CT molecular complexity index is 184. The minimum Gasteiger partial charge on any atom is -0.371 e. The summed E-state index contributed by atoms with van der Waals surface area (Å²) in [5, 5.41) is 5.32. The molecule has 1 rings (SSSR count). The highest BCUT2D eigenvalue weighted by Crippen LogP contribution is 2.01. The number of amides is 1. The Kier molecular flexibility index (Phi) is 2.10. The summed E-state index contributed by atoms with van der Waals surface area (Å²) in [5.74, 6) is -0.0967. The second-order valence-corrected chi connectivity index (χ2v) is 1.86. The fourth-order valence-corrected chi connectivity index (χ4v) is 0.669. The van der Waals surface area contributed by atoms with Gasteiger partial charge in [0.25, 0.3) is 5.91 Å². The summed E-state index contributed by atoms with van der Waals surface area (Å²) < 4.78 is 0. The second-order valence-electron chi connectivity index (χ2n) is 1.86. The van der Waals surface area contributed by atoms with Gasteiger partial charge >= 0.3 is 0 Å². The molecule has 0 aromatic rings. The number of carbonyl (C=O) groups excluding carboxylic acids is 1. The Morgan fingerprint density at radius 3 is 2.90 bits per heavy atom. The molecule has 10 heavy (non-hydrogen) atoms. The zero-order chi connectivity index (χ0) is 7.40. The van der Waals surface area contributed by atoms with Crippen LogP contribution in [0.2, 0.25) is 0 Å². The normalized spacial score (nSPS) is 16.5. The Morgan fingerprint density at radius 1 is 1.60 bits per heavy atom. The van der Waals surface area contributed by atoms with Gasteiger partial charge in [0.1, 0.15) is 0 Å². The van der Waals surface area contributed by atoms with Gasteiger partial charge in [-0.3, -0.25) is 4.79 Å². The molecule has 2 N–H and O–H groups in total. The van der Waals surface area contributed by atoms with E-state index >= 15 is 0 Å². The number of carbonyl (C=O) groups is 1. The molecule has 0 aromatic carbocycles. The average Bonchev–Trinajstić information content (AvgIpc) is 2.05. The monoisotopic (exact) mass is 137 g/mol. The average molecular weight is 137 g/mol. The minimum absolute atomic E-state index is 0.0967. The summed E-state index contributed by atoms with van der Waals surface area (Å²) in [4.78, 5) is 10.9. The van der Waals surface area contributed by atoms with Crippen LogP contribution >= 0.6 is 0 Å². The summed E-state index contributed by atoms with van der Waals surface area (Å²) >= 11 is 0. The molecule has 0 aromatic heterocycles. The standard InChI is InChI=1S/C7H9N2O/c1-8-7(10)6-4-2-3-5-9-6/h2-5,9H,1H3,(H,8,10). The van der Waals surface area contributed by atoms with Gasteiger partial charge in [-0.2, -0.15) is 0 Å². The summed E-state index contributed by atoms with van der Waals surface area (Å²) in [6.45, 7) is 0. The Labute approximate surface area is 59.8 Å². The van der Waals surface area contributed by atoms with Crippen molar-refractivity contribution >= 4 is 5.91 Å². The summed E-state index contributed by atoms with van der Waals surface area (Å²) in [5.41, 5.74) is 0. The van der Waals surface area contributed by atoms with Crippen molar-refractivity contribution < 1.29 is 4.79 Å². The van der Waals surface area contributed by atoms with E-state index in [1.807, 2.05) is 6.08 Å². The Morgan fingerprint density at radius 2 is 2.40 bits per heavy atom. The molecule has 0 spiro atoms. The number of dihydropyridines is 1. The molecule has 3 nitrogen and oxygen atoms in total. The van der Waals surface area contributed by atoms with Crippen molar-refractivity contribution in [1.29, 1.82) is 0 Å². The summed E-state index contributed by atoms with van der Waals surface area (Å²) in [7, 11) is 1.60. The van der Waals surface area contributed by atoms with Crippen LogP contribution in [0.25, 0.3) is 0 Å². The number of likely N-dealkylation sites (N-methyl/N-ethyl adjacent to an activating group) is 1. The molecule has 0 aliphatic carbocycles. The predicted molar refractivity (Wildman–Crippen MR) is 38.7 cm³/mol. The zero-order valence-corrected chi connectivity index (χ0v) is 5.72. The molecule has 0 saturated carbocycles. The number of hydrogen-bond donors (Lipinski definition) is 2. The maximum absolute atomic E-state index is 10.9. The van der Waals surface area contributed by atoms with Crippen LogP contribution in [-0.2, 0) is 4.79 Å². The molecule has 53 valence electrons. The molecule has 1 amide bonds. The van der Waals surface area contributed by atoms with E-state index in [-0.39, 0.29) is 5.91 Å². The highest BCUT2D eigenvalue weighted by Gasteiger charge is 2.13. The van der Waals surface area contributed by atoms with E-state index in [4.69, 9.17) is 0 Å². The third-order valence-corrected chi connectivity index (χ3v) is 1.18. The van der Waals surface area contributed by atoms with Crippen LogP contribution in [0.5, 0.6) is 0 Å².